The number of rotatable bonds is 1. The molecule has 3 aromatic rings. The number of hydrogen-bond acceptors (Lipinski definition) is 4. The number of pyridine rings is 1. The minimum absolute atomic E-state index is 0.00301. The first-order chi connectivity index (χ1) is 8.29. The van der Waals surface area contributed by atoms with Gasteiger partial charge in [-0.25, -0.2) is 4.98 Å². The predicted octanol–water partition coefficient (Wildman–Crippen LogP) is 2.89. The Kier molecular flexibility index (Phi) is 2.09. The summed E-state index contributed by atoms with van der Waals surface area (Å²) in [6.45, 7) is 0. The summed E-state index contributed by atoms with van der Waals surface area (Å²) in [5.41, 5.74) is 3.80. The fraction of sp³-hybridized carbons (Fsp3) is 0. The summed E-state index contributed by atoms with van der Waals surface area (Å²) in [6.07, 6.45) is 0. The third-order valence-electron chi connectivity index (χ3n) is 2.79. The Balaban J connectivity index is 2.44. The van der Waals surface area contributed by atoms with Crippen LogP contribution in [0.15, 0.2) is 42.5 Å². The summed E-state index contributed by atoms with van der Waals surface area (Å²) in [7, 11) is 0. The van der Waals surface area contributed by atoms with Gasteiger partial charge in [0.05, 0.1) is 11.0 Å². The lowest BCUT2D eigenvalue weighted by atomic mass is 10.1. The first-order valence-electron chi connectivity index (χ1n) is 5.21. The monoisotopic (exact) mass is 226 g/mol. The van der Waals surface area contributed by atoms with Crippen LogP contribution < -0.4 is 5.48 Å². The largest absolute Gasteiger partial charge is 0.505 e. The van der Waals surface area contributed by atoms with Crippen LogP contribution in [-0.2, 0) is 0 Å². The zero-order valence-electron chi connectivity index (χ0n) is 8.88. The fourth-order valence-corrected chi connectivity index (χ4v) is 1.92. The smallest absolute Gasteiger partial charge is 0.150 e. The highest BCUT2D eigenvalue weighted by Gasteiger charge is 2.07. The highest BCUT2D eigenvalue weighted by molar-refractivity contribution is 5.98. The number of phenols is 1. The lowest BCUT2D eigenvalue weighted by Gasteiger charge is -2.07. The van der Waals surface area contributed by atoms with Crippen LogP contribution >= 0.6 is 0 Å². The van der Waals surface area contributed by atoms with Crippen LogP contribution in [0, 0.1) is 0 Å². The summed E-state index contributed by atoms with van der Waals surface area (Å²) in [6, 6.07) is 12.9. The first kappa shape index (κ1) is 9.86. The Morgan fingerprint density at radius 2 is 1.82 bits per heavy atom. The molecular formula is C13H10N2O2. The molecule has 1 aromatic heterocycles. The topological polar surface area (TPSA) is 65.4 Å². The number of nitrogens with zero attached hydrogens (tertiary/aromatic N) is 1. The predicted molar refractivity (Wildman–Crippen MR) is 66.3 cm³/mol. The number of aromatic hydroxyl groups is 1. The van der Waals surface area contributed by atoms with Crippen LogP contribution in [-0.4, -0.2) is 15.3 Å². The maximum Gasteiger partial charge on any atom is 0.150 e. The van der Waals surface area contributed by atoms with Crippen LogP contribution in [0.4, 0.5) is 5.69 Å². The van der Waals surface area contributed by atoms with Gasteiger partial charge in [-0.3, -0.25) is 10.7 Å². The second-order valence-corrected chi connectivity index (χ2v) is 3.82. The second-order valence-electron chi connectivity index (χ2n) is 3.82. The van der Waals surface area contributed by atoms with Crippen molar-refractivity contribution in [3.63, 3.8) is 0 Å². The van der Waals surface area contributed by atoms with Gasteiger partial charge in [-0.1, -0.05) is 18.2 Å². The molecule has 84 valence electrons. The van der Waals surface area contributed by atoms with E-state index in [1.165, 1.54) is 0 Å². The molecule has 0 aliphatic heterocycles. The molecule has 0 bridgehead atoms. The Bertz CT molecular complexity index is 710. The van der Waals surface area contributed by atoms with Crippen LogP contribution in [0.25, 0.3) is 21.8 Å². The van der Waals surface area contributed by atoms with Gasteiger partial charge in [0.25, 0.3) is 0 Å². The van der Waals surface area contributed by atoms with Gasteiger partial charge < -0.3 is 5.11 Å². The first-order valence-corrected chi connectivity index (χ1v) is 5.21. The number of anilines is 1. The minimum atomic E-state index is 0.00301. The molecule has 0 amide bonds. The van der Waals surface area contributed by atoms with Crippen molar-refractivity contribution in [1.29, 1.82) is 0 Å². The number of para-hydroxylation sites is 1. The van der Waals surface area contributed by atoms with Crippen molar-refractivity contribution in [3.05, 3.63) is 42.5 Å². The summed E-state index contributed by atoms with van der Waals surface area (Å²) in [4.78, 5) is 4.44. The molecule has 0 aliphatic carbocycles. The van der Waals surface area contributed by atoms with Crippen LogP contribution in [0.5, 0.6) is 5.75 Å². The van der Waals surface area contributed by atoms with Crippen molar-refractivity contribution in [2.75, 3.05) is 5.48 Å². The third-order valence-corrected chi connectivity index (χ3v) is 2.79. The number of hydrogen-bond donors (Lipinski definition) is 3. The Morgan fingerprint density at radius 1 is 1.00 bits per heavy atom. The van der Waals surface area contributed by atoms with E-state index >= 15 is 0 Å². The van der Waals surface area contributed by atoms with Gasteiger partial charge in [0.2, 0.25) is 0 Å². The molecule has 0 unspecified atom stereocenters. The molecule has 0 radical (unpaired) electrons. The van der Waals surface area contributed by atoms with Crippen molar-refractivity contribution in [3.8, 4) is 5.75 Å². The van der Waals surface area contributed by atoms with Crippen LogP contribution in [0.2, 0.25) is 0 Å². The molecule has 4 nitrogen and oxygen atoms in total. The second kappa shape index (κ2) is 3.61. The van der Waals surface area contributed by atoms with Crippen molar-refractivity contribution in [2.24, 2.45) is 0 Å². The van der Waals surface area contributed by atoms with Crippen molar-refractivity contribution in [2.45, 2.75) is 0 Å². The molecule has 0 saturated heterocycles. The zero-order chi connectivity index (χ0) is 11.8. The maximum absolute atomic E-state index is 9.95. The molecule has 4 heteroatoms. The molecule has 17 heavy (non-hydrogen) atoms. The Labute approximate surface area is 97.1 Å². The number of aromatic nitrogens is 1. The fourth-order valence-electron chi connectivity index (χ4n) is 1.92. The van der Waals surface area contributed by atoms with Gasteiger partial charge in [-0.15, -0.1) is 0 Å². The molecule has 0 fully saturated rings. The minimum Gasteiger partial charge on any atom is -0.505 e. The van der Waals surface area contributed by atoms with E-state index in [0.717, 1.165) is 10.9 Å². The average molecular weight is 226 g/mol. The molecule has 2 aromatic carbocycles. The van der Waals surface area contributed by atoms with E-state index in [9.17, 15) is 5.11 Å². The molecule has 0 aliphatic rings. The lowest BCUT2D eigenvalue weighted by Crippen LogP contribution is -1.91. The number of benzene rings is 2. The highest BCUT2D eigenvalue weighted by atomic mass is 16.5. The highest BCUT2D eigenvalue weighted by Crippen LogP contribution is 2.33. The molecule has 3 rings (SSSR count). The summed E-state index contributed by atoms with van der Waals surface area (Å²) in [5, 5.41) is 20.4. The van der Waals surface area contributed by atoms with Gasteiger partial charge >= 0.3 is 0 Å². The van der Waals surface area contributed by atoms with E-state index in [1.54, 1.807) is 12.1 Å². The van der Waals surface area contributed by atoms with E-state index in [1.807, 2.05) is 35.8 Å². The van der Waals surface area contributed by atoms with Crippen molar-refractivity contribution >= 4 is 27.5 Å². The standard InChI is InChI=1S/C13H10N2O2/c16-13-9-7-8-3-1-2-4-10(8)14-11(9)5-6-12(13)15-17/h1-7,15-17H. The Hall–Kier alpha value is -2.33. The van der Waals surface area contributed by atoms with Gasteiger partial charge in [-0.2, -0.15) is 0 Å². The van der Waals surface area contributed by atoms with E-state index in [4.69, 9.17) is 5.21 Å². The molecule has 0 saturated carbocycles. The molecule has 0 spiro atoms. The number of nitrogens with one attached hydrogen (secondary N) is 1. The van der Waals surface area contributed by atoms with Gasteiger partial charge in [0.1, 0.15) is 11.4 Å². The quantitative estimate of drug-likeness (QED) is 0.339. The van der Waals surface area contributed by atoms with Crippen LogP contribution in [0.1, 0.15) is 0 Å². The number of phenolic OH excluding ortho intramolecular Hbond substituents is 1. The maximum atomic E-state index is 9.95. The molecule has 1 heterocycles. The molecule has 0 atom stereocenters. The van der Waals surface area contributed by atoms with Crippen molar-refractivity contribution in [1.82, 2.24) is 4.98 Å². The van der Waals surface area contributed by atoms with Crippen LogP contribution in [0.3, 0.4) is 0 Å². The third kappa shape index (κ3) is 1.46. The lowest BCUT2D eigenvalue weighted by molar-refractivity contribution is 0.382. The number of fused-ring (bicyclic) bond motifs is 2. The summed E-state index contributed by atoms with van der Waals surface area (Å²) in [5.74, 6) is 0.00301. The molecule has 3 N–H and O–H groups in total. The molecular weight excluding hydrogens is 216 g/mol. The van der Waals surface area contributed by atoms with Gasteiger partial charge in [-0.05, 0) is 24.3 Å². The van der Waals surface area contributed by atoms with Crippen molar-refractivity contribution < 1.29 is 10.3 Å². The SMILES string of the molecule is ONc1ccc2nc3ccccc3cc2c1O. The average Bonchev–Trinajstić information content (AvgIpc) is 2.37. The zero-order valence-corrected chi connectivity index (χ0v) is 8.88. The van der Waals surface area contributed by atoms with E-state index < -0.39 is 0 Å². The van der Waals surface area contributed by atoms with E-state index in [0.29, 0.717) is 10.9 Å². The summed E-state index contributed by atoms with van der Waals surface area (Å²) < 4.78 is 0. The summed E-state index contributed by atoms with van der Waals surface area (Å²) >= 11 is 0. The Morgan fingerprint density at radius 3 is 2.65 bits per heavy atom. The van der Waals surface area contributed by atoms with E-state index in [2.05, 4.69) is 4.98 Å². The van der Waals surface area contributed by atoms with Gasteiger partial charge in [0.15, 0.2) is 0 Å². The van der Waals surface area contributed by atoms with Gasteiger partial charge in [0, 0.05) is 10.8 Å². The normalized spacial score (nSPS) is 10.9. The van der Waals surface area contributed by atoms with E-state index in [-0.39, 0.29) is 11.4 Å².